The molecule has 0 aromatic carbocycles. The Bertz CT molecular complexity index is 402. The van der Waals surface area contributed by atoms with E-state index < -0.39 is 5.54 Å². The van der Waals surface area contributed by atoms with Crippen LogP contribution in [0.25, 0.3) is 0 Å². The fraction of sp³-hybridized carbons (Fsp3) is 0.714. The molecule has 5 nitrogen and oxygen atoms in total. The van der Waals surface area contributed by atoms with Crippen molar-refractivity contribution >= 4 is 5.91 Å². The van der Waals surface area contributed by atoms with E-state index in [0.29, 0.717) is 0 Å². The van der Waals surface area contributed by atoms with Crippen molar-refractivity contribution in [1.82, 2.24) is 15.1 Å². The van der Waals surface area contributed by atoms with E-state index in [1.54, 1.807) is 0 Å². The molecule has 108 valence electrons. The molecule has 0 radical (unpaired) electrons. The van der Waals surface area contributed by atoms with Crippen LogP contribution in [0.15, 0.2) is 12.3 Å². The van der Waals surface area contributed by atoms with Gasteiger partial charge in [0.25, 0.3) is 0 Å². The van der Waals surface area contributed by atoms with Crippen molar-refractivity contribution < 1.29 is 4.79 Å². The minimum Gasteiger partial charge on any atom is -0.368 e. The normalized spacial score (nSPS) is 14.3. The molecule has 1 atom stereocenters. The van der Waals surface area contributed by atoms with E-state index in [4.69, 9.17) is 5.73 Å². The first-order valence-electron chi connectivity index (χ1n) is 7.03. The lowest BCUT2D eigenvalue weighted by Gasteiger charge is -2.27. The van der Waals surface area contributed by atoms with Crippen LogP contribution in [0.3, 0.4) is 0 Å². The number of aryl methyl sites for hydroxylation is 2. The molecule has 1 aromatic rings. The van der Waals surface area contributed by atoms with Gasteiger partial charge in [-0.1, -0.05) is 6.92 Å². The van der Waals surface area contributed by atoms with Crippen LogP contribution in [0.4, 0.5) is 0 Å². The molecule has 0 bridgehead atoms. The summed E-state index contributed by atoms with van der Waals surface area (Å²) in [5, 5.41) is 7.59. The number of unbranched alkanes of at least 4 members (excludes halogenated alkanes) is 1. The Morgan fingerprint density at radius 1 is 1.53 bits per heavy atom. The Hall–Kier alpha value is -1.36. The lowest BCUT2D eigenvalue weighted by atomic mass is 9.94. The van der Waals surface area contributed by atoms with Gasteiger partial charge in [0.1, 0.15) is 0 Å². The van der Waals surface area contributed by atoms with Crippen molar-refractivity contribution in [2.24, 2.45) is 5.73 Å². The number of nitrogens with zero attached hydrogens (tertiary/aromatic N) is 2. The summed E-state index contributed by atoms with van der Waals surface area (Å²) in [6.07, 6.45) is 5.70. The van der Waals surface area contributed by atoms with E-state index in [1.807, 2.05) is 30.8 Å². The van der Waals surface area contributed by atoms with Crippen LogP contribution in [0.5, 0.6) is 0 Å². The first-order valence-corrected chi connectivity index (χ1v) is 7.03. The molecule has 1 unspecified atom stereocenters. The lowest BCUT2D eigenvalue weighted by molar-refractivity contribution is -0.124. The molecule has 0 saturated heterocycles. The van der Waals surface area contributed by atoms with Crippen LogP contribution in [-0.2, 0) is 11.3 Å². The SMILES string of the molecule is CCCNC(C)(CCCCn1ccc(C)n1)C(N)=O. The molecule has 5 heteroatoms. The maximum Gasteiger partial charge on any atom is 0.237 e. The number of nitrogens with one attached hydrogen (secondary N) is 1. The summed E-state index contributed by atoms with van der Waals surface area (Å²) in [5.74, 6) is -0.268. The molecule has 1 aromatic heterocycles. The average molecular weight is 266 g/mol. The highest BCUT2D eigenvalue weighted by Gasteiger charge is 2.29. The zero-order chi connectivity index (χ0) is 14.3. The molecule has 1 rings (SSSR count). The molecule has 0 fully saturated rings. The summed E-state index contributed by atoms with van der Waals surface area (Å²) < 4.78 is 1.94. The van der Waals surface area contributed by atoms with Gasteiger partial charge >= 0.3 is 0 Å². The van der Waals surface area contributed by atoms with Crippen molar-refractivity contribution in [3.8, 4) is 0 Å². The summed E-state index contributed by atoms with van der Waals surface area (Å²) >= 11 is 0. The van der Waals surface area contributed by atoms with Crippen LogP contribution in [-0.4, -0.2) is 27.8 Å². The highest BCUT2D eigenvalue weighted by Crippen LogP contribution is 2.14. The number of nitrogens with two attached hydrogens (primary N) is 1. The summed E-state index contributed by atoms with van der Waals surface area (Å²) in [6.45, 7) is 7.65. The van der Waals surface area contributed by atoms with Gasteiger partial charge in [-0.3, -0.25) is 9.48 Å². The van der Waals surface area contributed by atoms with Gasteiger partial charge in [-0.15, -0.1) is 0 Å². The predicted octanol–water partition coefficient (Wildman–Crippen LogP) is 1.61. The van der Waals surface area contributed by atoms with E-state index in [0.717, 1.165) is 44.5 Å². The van der Waals surface area contributed by atoms with Gasteiger partial charge in [0.2, 0.25) is 5.91 Å². The molecule has 0 aliphatic heterocycles. The number of hydrogen-bond acceptors (Lipinski definition) is 3. The lowest BCUT2D eigenvalue weighted by Crippen LogP contribution is -2.53. The fourth-order valence-corrected chi connectivity index (χ4v) is 2.04. The third-order valence-electron chi connectivity index (χ3n) is 3.40. The Kier molecular flexibility index (Phi) is 6.02. The fourth-order valence-electron chi connectivity index (χ4n) is 2.04. The van der Waals surface area contributed by atoms with E-state index in [9.17, 15) is 4.79 Å². The maximum atomic E-state index is 11.5. The first-order chi connectivity index (χ1) is 8.98. The highest BCUT2D eigenvalue weighted by atomic mass is 16.1. The van der Waals surface area contributed by atoms with E-state index >= 15 is 0 Å². The second-order valence-corrected chi connectivity index (χ2v) is 5.30. The zero-order valence-corrected chi connectivity index (χ0v) is 12.3. The van der Waals surface area contributed by atoms with Crippen LogP contribution >= 0.6 is 0 Å². The molecule has 0 aliphatic rings. The predicted molar refractivity (Wildman–Crippen MR) is 76.7 cm³/mol. The number of aromatic nitrogens is 2. The minimum atomic E-state index is -0.587. The molecular formula is C14H26N4O. The summed E-state index contributed by atoms with van der Waals surface area (Å²) in [4.78, 5) is 11.5. The van der Waals surface area contributed by atoms with Crippen LogP contribution < -0.4 is 11.1 Å². The van der Waals surface area contributed by atoms with Crippen molar-refractivity contribution in [3.05, 3.63) is 18.0 Å². The second-order valence-electron chi connectivity index (χ2n) is 5.30. The molecule has 0 saturated carbocycles. The van der Waals surface area contributed by atoms with E-state index in [-0.39, 0.29) is 5.91 Å². The van der Waals surface area contributed by atoms with Gasteiger partial charge in [-0.25, -0.2) is 0 Å². The Morgan fingerprint density at radius 2 is 2.26 bits per heavy atom. The number of primary amides is 1. The molecule has 1 amide bonds. The number of carbonyl (C=O) groups excluding carboxylic acids is 1. The summed E-state index contributed by atoms with van der Waals surface area (Å²) in [6, 6.07) is 2.00. The van der Waals surface area contributed by atoms with Crippen LogP contribution in [0.1, 0.15) is 45.2 Å². The van der Waals surface area contributed by atoms with Gasteiger partial charge in [0.05, 0.1) is 11.2 Å². The summed E-state index contributed by atoms with van der Waals surface area (Å²) in [5.41, 5.74) is 5.94. The Balaban J connectivity index is 2.34. The number of hydrogen-bond donors (Lipinski definition) is 2. The van der Waals surface area contributed by atoms with Gasteiger partial charge in [0.15, 0.2) is 0 Å². The molecule has 3 N–H and O–H groups in total. The van der Waals surface area contributed by atoms with Gasteiger partial charge in [0, 0.05) is 12.7 Å². The quantitative estimate of drug-likeness (QED) is 0.667. The minimum absolute atomic E-state index is 0.268. The van der Waals surface area contributed by atoms with Crippen LogP contribution in [0.2, 0.25) is 0 Å². The smallest absolute Gasteiger partial charge is 0.237 e. The van der Waals surface area contributed by atoms with Crippen molar-refractivity contribution in [1.29, 1.82) is 0 Å². The average Bonchev–Trinajstić information content (AvgIpc) is 2.78. The Morgan fingerprint density at radius 3 is 2.79 bits per heavy atom. The summed E-state index contributed by atoms with van der Waals surface area (Å²) in [7, 11) is 0. The van der Waals surface area contributed by atoms with Crippen LogP contribution in [0, 0.1) is 6.92 Å². The Labute approximate surface area is 115 Å². The molecule has 1 heterocycles. The molecular weight excluding hydrogens is 240 g/mol. The molecule has 0 spiro atoms. The largest absolute Gasteiger partial charge is 0.368 e. The van der Waals surface area contributed by atoms with E-state index in [1.165, 1.54) is 0 Å². The third kappa shape index (κ3) is 5.03. The first kappa shape index (κ1) is 15.7. The zero-order valence-electron chi connectivity index (χ0n) is 12.3. The monoisotopic (exact) mass is 266 g/mol. The van der Waals surface area contributed by atoms with Crippen molar-refractivity contribution in [2.45, 2.75) is 58.5 Å². The molecule has 19 heavy (non-hydrogen) atoms. The van der Waals surface area contributed by atoms with Gasteiger partial charge in [-0.2, -0.15) is 5.10 Å². The van der Waals surface area contributed by atoms with E-state index in [2.05, 4.69) is 17.3 Å². The second kappa shape index (κ2) is 7.28. The van der Waals surface area contributed by atoms with Crippen molar-refractivity contribution in [2.75, 3.05) is 6.54 Å². The number of carbonyl (C=O) groups is 1. The van der Waals surface area contributed by atoms with Gasteiger partial charge in [-0.05, 0) is 52.1 Å². The van der Waals surface area contributed by atoms with Gasteiger partial charge < -0.3 is 11.1 Å². The number of amides is 1. The number of rotatable bonds is 9. The van der Waals surface area contributed by atoms with Crippen molar-refractivity contribution in [3.63, 3.8) is 0 Å². The highest BCUT2D eigenvalue weighted by molar-refractivity contribution is 5.84. The third-order valence-corrected chi connectivity index (χ3v) is 3.40. The maximum absolute atomic E-state index is 11.5. The molecule has 0 aliphatic carbocycles. The standard InChI is InChI=1S/C14H26N4O/c1-4-9-16-14(3,13(15)19)8-5-6-10-18-11-7-12(2)17-18/h7,11,16H,4-6,8-10H2,1-3H3,(H2,15,19). The topological polar surface area (TPSA) is 72.9 Å².